The zero-order valence-electron chi connectivity index (χ0n) is 12.3. The highest BCUT2D eigenvalue weighted by atomic mass is 35.5. The van der Waals surface area contributed by atoms with Crippen LogP contribution >= 0.6 is 23.2 Å². The van der Waals surface area contributed by atoms with E-state index >= 15 is 0 Å². The van der Waals surface area contributed by atoms with Crippen LogP contribution in [0.1, 0.15) is 32.3 Å². The number of benzene rings is 1. The third kappa shape index (κ3) is 3.86. The van der Waals surface area contributed by atoms with Gasteiger partial charge in [0.1, 0.15) is 12.1 Å². The lowest BCUT2D eigenvalue weighted by molar-refractivity contribution is 0.892. The molecule has 0 bridgehead atoms. The van der Waals surface area contributed by atoms with Crippen LogP contribution in [0.3, 0.4) is 0 Å². The second-order valence-electron chi connectivity index (χ2n) is 4.85. The van der Waals surface area contributed by atoms with Crippen molar-refractivity contribution in [3.05, 3.63) is 40.1 Å². The van der Waals surface area contributed by atoms with Crippen molar-refractivity contribution < 1.29 is 0 Å². The Morgan fingerprint density at radius 3 is 2.57 bits per heavy atom. The van der Waals surface area contributed by atoms with E-state index in [1.54, 1.807) is 12.4 Å². The molecule has 0 atom stereocenters. The van der Waals surface area contributed by atoms with Crippen LogP contribution in [0, 0.1) is 0 Å². The summed E-state index contributed by atoms with van der Waals surface area (Å²) < 4.78 is 0. The zero-order chi connectivity index (χ0) is 15.2. The normalized spacial score (nSPS) is 10.7. The largest absolute Gasteiger partial charge is 0.370 e. The molecule has 1 aromatic heterocycles. The summed E-state index contributed by atoms with van der Waals surface area (Å²) in [4.78, 5) is 8.82. The minimum Gasteiger partial charge on any atom is -0.370 e. The van der Waals surface area contributed by atoms with E-state index in [9.17, 15) is 0 Å². The zero-order valence-corrected chi connectivity index (χ0v) is 13.8. The molecule has 0 unspecified atom stereocenters. The van der Waals surface area contributed by atoms with Crippen LogP contribution in [-0.2, 0) is 6.42 Å². The van der Waals surface area contributed by atoms with Gasteiger partial charge >= 0.3 is 0 Å². The third-order valence-corrected chi connectivity index (χ3v) is 3.72. The van der Waals surface area contributed by atoms with Crippen LogP contribution in [0.4, 0.5) is 5.82 Å². The number of hydrogen-bond donors (Lipinski definition) is 1. The van der Waals surface area contributed by atoms with Gasteiger partial charge in [-0.15, -0.1) is 0 Å². The van der Waals surface area contributed by atoms with Crippen LogP contribution in [0.25, 0.3) is 11.3 Å². The molecule has 3 nitrogen and oxygen atoms in total. The molecule has 0 saturated carbocycles. The molecule has 21 heavy (non-hydrogen) atoms. The lowest BCUT2D eigenvalue weighted by atomic mass is 10.0. The fraction of sp³-hybridized carbons (Fsp3) is 0.375. The summed E-state index contributed by atoms with van der Waals surface area (Å²) in [5, 5.41) is 4.60. The highest BCUT2D eigenvalue weighted by Crippen LogP contribution is 2.33. The molecular weight excluding hydrogens is 305 g/mol. The first-order valence-corrected chi connectivity index (χ1v) is 7.96. The summed E-state index contributed by atoms with van der Waals surface area (Å²) in [6.07, 6.45) is 4.55. The summed E-state index contributed by atoms with van der Waals surface area (Å²) in [5.74, 6) is 0.898. The summed E-state index contributed by atoms with van der Waals surface area (Å²) in [6.45, 7) is 5.16. The maximum atomic E-state index is 6.33. The molecule has 1 N–H and O–H groups in total. The van der Waals surface area contributed by atoms with Gasteiger partial charge in [0, 0.05) is 22.7 Å². The predicted octanol–water partition coefficient (Wildman–Crippen LogP) is 5.22. The third-order valence-electron chi connectivity index (χ3n) is 3.17. The van der Waals surface area contributed by atoms with Crippen LogP contribution in [0.15, 0.2) is 24.5 Å². The lowest BCUT2D eigenvalue weighted by Crippen LogP contribution is -2.08. The topological polar surface area (TPSA) is 37.8 Å². The van der Waals surface area contributed by atoms with Crippen molar-refractivity contribution in [1.29, 1.82) is 0 Å². The molecule has 0 aliphatic rings. The molecule has 2 aromatic rings. The van der Waals surface area contributed by atoms with E-state index in [4.69, 9.17) is 23.2 Å². The monoisotopic (exact) mass is 323 g/mol. The molecule has 5 heteroatoms. The summed E-state index contributed by atoms with van der Waals surface area (Å²) in [6, 6.07) is 5.49. The second-order valence-corrected chi connectivity index (χ2v) is 5.69. The SMILES string of the molecule is CCCNc1ncnc(-c2ccc(Cl)cc2Cl)c1CCC. The van der Waals surface area contributed by atoms with E-state index in [-0.39, 0.29) is 0 Å². The van der Waals surface area contributed by atoms with Gasteiger partial charge in [0.15, 0.2) is 0 Å². The maximum absolute atomic E-state index is 6.33. The number of halogens is 2. The Balaban J connectivity index is 2.51. The highest BCUT2D eigenvalue weighted by Gasteiger charge is 2.14. The minimum atomic E-state index is 0.611. The first-order chi connectivity index (χ1) is 10.2. The molecule has 0 amide bonds. The van der Waals surface area contributed by atoms with E-state index in [1.165, 1.54) is 0 Å². The van der Waals surface area contributed by atoms with Crippen LogP contribution in [0.5, 0.6) is 0 Å². The molecule has 0 fully saturated rings. The van der Waals surface area contributed by atoms with Crippen molar-refractivity contribution in [3.63, 3.8) is 0 Å². The standard InChI is InChI=1S/C16H19Cl2N3/c1-3-5-13-15(12-7-6-11(17)9-14(12)18)20-10-21-16(13)19-8-4-2/h6-7,9-10H,3-5,8H2,1-2H3,(H,19,20,21). The molecule has 0 spiro atoms. The molecule has 0 saturated heterocycles. The van der Waals surface area contributed by atoms with Gasteiger partial charge in [0.05, 0.1) is 10.7 Å². The molecule has 0 aliphatic carbocycles. The summed E-state index contributed by atoms with van der Waals surface area (Å²) in [7, 11) is 0. The number of aromatic nitrogens is 2. The first-order valence-electron chi connectivity index (χ1n) is 7.20. The van der Waals surface area contributed by atoms with Crippen LogP contribution in [0.2, 0.25) is 10.0 Å². The van der Waals surface area contributed by atoms with Crippen LogP contribution in [-0.4, -0.2) is 16.5 Å². The van der Waals surface area contributed by atoms with Gasteiger partial charge in [-0.05, 0) is 31.0 Å². The number of hydrogen-bond acceptors (Lipinski definition) is 3. The molecule has 0 radical (unpaired) electrons. The Morgan fingerprint density at radius 2 is 1.90 bits per heavy atom. The average Bonchev–Trinajstić information content (AvgIpc) is 2.47. The number of rotatable bonds is 6. The number of nitrogens with zero attached hydrogens (tertiary/aromatic N) is 2. The quantitative estimate of drug-likeness (QED) is 0.791. The van der Waals surface area contributed by atoms with E-state index in [1.807, 2.05) is 12.1 Å². The Bertz CT molecular complexity index is 614. The number of nitrogens with one attached hydrogen (secondary N) is 1. The van der Waals surface area contributed by atoms with Crippen molar-refractivity contribution in [2.75, 3.05) is 11.9 Å². The molecule has 112 valence electrons. The summed E-state index contributed by atoms with van der Waals surface area (Å²) >= 11 is 12.3. The van der Waals surface area contributed by atoms with E-state index in [0.29, 0.717) is 10.0 Å². The predicted molar refractivity (Wildman–Crippen MR) is 90.3 cm³/mol. The fourth-order valence-electron chi connectivity index (χ4n) is 2.21. The lowest BCUT2D eigenvalue weighted by Gasteiger charge is -2.14. The van der Waals surface area contributed by atoms with Gasteiger partial charge in [0.2, 0.25) is 0 Å². The van der Waals surface area contributed by atoms with Gasteiger partial charge in [-0.25, -0.2) is 9.97 Å². The fourth-order valence-corrected chi connectivity index (χ4v) is 2.71. The van der Waals surface area contributed by atoms with E-state index in [0.717, 1.165) is 48.4 Å². The Hall–Kier alpha value is -1.32. The van der Waals surface area contributed by atoms with Crippen molar-refractivity contribution >= 4 is 29.0 Å². The van der Waals surface area contributed by atoms with Crippen LogP contribution < -0.4 is 5.32 Å². The molecule has 0 aliphatic heterocycles. The Morgan fingerprint density at radius 1 is 1.10 bits per heavy atom. The maximum Gasteiger partial charge on any atom is 0.133 e. The summed E-state index contributed by atoms with van der Waals surface area (Å²) in [5.41, 5.74) is 2.89. The van der Waals surface area contributed by atoms with Gasteiger partial charge in [-0.2, -0.15) is 0 Å². The number of anilines is 1. The second kappa shape index (κ2) is 7.62. The molecular formula is C16H19Cl2N3. The van der Waals surface area contributed by atoms with E-state index in [2.05, 4.69) is 29.1 Å². The first kappa shape index (κ1) is 16.1. The Kier molecular flexibility index (Phi) is 5.83. The van der Waals surface area contributed by atoms with Gasteiger partial charge in [0.25, 0.3) is 0 Å². The molecule has 2 rings (SSSR count). The smallest absolute Gasteiger partial charge is 0.133 e. The molecule has 1 heterocycles. The average molecular weight is 324 g/mol. The Labute approximate surface area is 135 Å². The van der Waals surface area contributed by atoms with Crippen molar-refractivity contribution in [2.45, 2.75) is 33.1 Å². The highest BCUT2D eigenvalue weighted by molar-refractivity contribution is 6.36. The molecule has 1 aromatic carbocycles. The van der Waals surface area contributed by atoms with Crippen molar-refractivity contribution in [1.82, 2.24) is 9.97 Å². The van der Waals surface area contributed by atoms with Gasteiger partial charge < -0.3 is 5.32 Å². The van der Waals surface area contributed by atoms with Gasteiger partial charge in [-0.1, -0.05) is 43.5 Å². The van der Waals surface area contributed by atoms with E-state index < -0.39 is 0 Å². The van der Waals surface area contributed by atoms with Crippen molar-refractivity contribution in [3.8, 4) is 11.3 Å². The van der Waals surface area contributed by atoms with Crippen molar-refractivity contribution in [2.24, 2.45) is 0 Å². The van der Waals surface area contributed by atoms with Gasteiger partial charge in [-0.3, -0.25) is 0 Å². The minimum absolute atomic E-state index is 0.611.